The van der Waals surface area contributed by atoms with E-state index in [1.165, 1.54) is 56.7 Å². The first-order valence-electron chi connectivity index (χ1n) is 14.4. The smallest absolute Gasteiger partial charge is 0.412 e. The molecule has 2 aliphatic rings. The summed E-state index contributed by atoms with van der Waals surface area (Å²) >= 11 is 0. The molecule has 5 rings (SSSR count). The lowest BCUT2D eigenvalue weighted by atomic mass is 9.98. The molecule has 3 aromatic carbocycles. The molecule has 4 N–H and O–H groups in total. The van der Waals surface area contributed by atoms with Crippen LogP contribution in [-0.4, -0.2) is 88.5 Å². The van der Waals surface area contributed by atoms with E-state index in [4.69, 9.17) is 42.6 Å². The number of anilines is 3. The van der Waals surface area contributed by atoms with Gasteiger partial charge in [-0.2, -0.15) is 0 Å². The third kappa shape index (κ3) is 8.71. The third-order valence-electron chi connectivity index (χ3n) is 6.87. The number of rotatable bonds is 11. The highest BCUT2D eigenvalue weighted by Gasteiger charge is 2.53. The van der Waals surface area contributed by atoms with Gasteiger partial charge in [-0.3, -0.25) is 16.0 Å². The normalized spacial score (nSPS) is 21.0. The summed E-state index contributed by atoms with van der Waals surface area (Å²) in [5.41, 5.74) is 0.618. The van der Waals surface area contributed by atoms with Gasteiger partial charge in [0, 0.05) is 37.3 Å². The minimum atomic E-state index is -1.62. The van der Waals surface area contributed by atoms with Crippen LogP contribution in [0.5, 0.6) is 17.2 Å². The van der Waals surface area contributed by atoms with Crippen molar-refractivity contribution in [3.05, 3.63) is 72.5 Å². The average molecular weight is 674 g/mol. The van der Waals surface area contributed by atoms with E-state index in [0.717, 1.165) is 6.07 Å². The topological polar surface area (TPSA) is 191 Å². The maximum atomic E-state index is 13.7. The van der Waals surface area contributed by atoms with Crippen molar-refractivity contribution in [2.75, 3.05) is 50.4 Å². The van der Waals surface area contributed by atoms with E-state index >= 15 is 0 Å². The zero-order valence-corrected chi connectivity index (χ0v) is 25.6. The summed E-state index contributed by atoms with van der Waals surface area (Å²) in [5.74, 6) is 0.707. The Morgan fingerprint density at radius 1 is 0.792 bits per heavy atom. The first-order valence-corrected chi connectivity index (χ1v) is 14.4. The molecule has 0 radical (unpaired) electrons. The van der Waals surface area contributed by atoms with Crippen LogP contribution < -0.4 is 30.2 Å². The number of ether oxygens (including phenoxy) is 9. The molecule has 3 amide bonds. The van der Waals surface area contributed by atoms with Gasteiger partial charge in [-0.15, -0.1) is 0 Å². The summed E-state index contributed by atoms with van der Waals surface area (Å²) in [7, 11) is 2.70. The summed E-state index contributed by atoms with van der Waals surface area (Å²) in [5, 5.41) is 17.6. The fourth-order valence-corrected chi connectivity index (χ4v) is 4.73. The van der Waals surface area contributed by atoms with E-state index in [1.807, 2.05) is 0 Å². The summed E-state index contributed by atoms with van der Waals surface area (Å²) < 4.78 is 62.5. The number of amides is 3. The van der Waals surface area contributed by atoms with Crippen LogP contribution in [0.4, 0.5) is 35.8 Å². The number of aliphatic hydroxyl groups excluding tert-OH is 1. The van der Waals surface area contributed by atoms with E-state index in [9.17, 15) is 23.9 Å². The average Bonchev–Trinajstić information content (AvgIpc) is 3.54. The monoisotopic (exact) mass is 673 g/mol. The predicted molar refractivity (Wildman–Crippen MR) is 162 cm³/mol. The lowest BCUT2D eigenvalue weighted by Gasteiger charge is -2.43. The molecule has 17 heteroatoms. The summed E-state index contributed by atoms with van der Waals surface area (Å²) in [4.78, 5) is 39.3. The summed E-state index contributed by atoms with van der Waals surface area (Å²) in [6.07, 6.45) is -10.7. The van der Waals surface area contributed by atoms with Gasteiger partial charge >= 0.3 is 18.3 Å². The Hall–Kier alpha value is -5.36. The number of hydrogen-bond acceptors (Lipinski definition) is 13. The molecule has 0 aliphatic carbocycles. The Bertz CT molecular complexity index is 1580. The van der Waals surface area contributed by atoms with Gasteiger partial charge in [0.05, 0.1) is 6.61 Å². The first kappa shape index (κ1) is 34.0. The molecule has 5 atom stereocenters. The Morgan fingerprint density at radius 3 is 2.08 bits per heavy atom. The van der Waals surface area contributed by atoms with Gasteiger partial charge < -0.3 is 47.7 Å². The van der Waals surface area contributed by atoms with Gasteiger partial charge in [0.25, 0.3) is 0 Å². The number of fused-ring (bicyclic) bond motifs is 1. The van der Waals surface area contributed by atoms with Crippen LogP contribution >= 0.6 is 0 Å². The summed E-state index contributed by atoms with van der Waals surface area (Å²) in [6, 6.07) is 15.8. The lowest BCUT2D eigenvalue weighted by molar-refractivity contribution is -0.290. The SMILES string of the molecule is COCOc1ccc(NC(=O)O[C@@H]2[C@@H](OC)O[C@H](CO)[C@@H](OC(=O)Nc3cccc(F)c3)[C@@H]2OC(=O)Nc2ccc3c(c2)OCO3)cc1. The third-order valence-corrected chi connectivity index (χ3v) is 6.87. The van der Waals surface area contributed by atoms with Crippen molar-refractivity contribution < 1.29 is 66.5 Å². The van der Waals surface area contributed by atoms with E-state index < -0.39 is 61.4 Å². The second-order valence-electron chi connectivity index (χ2n) is 10.1. The maximum Gasteiger partial charge on any atom is 0.412 e. The zero-order valence-electron chi connectivity index (χ0n) is 25.6. The van der Waals surface area contributed by atoms with Crippen LogP contribution in [0.15, 0.2) is 66.7 Å². The Labute approximate surface area is 272 Å². The highest BCUT2D eigenvalue weighted by molar-refractivity contribution is 5.87. The predicted octanol–water partition coefficient (Wildman–Crippen LogP) is 4.05. The van der Waals surface area contributed by atoms with E-state index in [-0.39, 0.29) is 25.0 Å². The molecule has 256 valence electrons. The quantitative estimate of drug-likeness (QED) is 0.169. The zero-order chi connectivity index (χ0) is 34.0. The van der Waals surface area contributed by atoms with Crippen LogP contribution in [0.3, 0.4) is 0 Å². The van der Waals surface area contributed by atoms with Crippen molar-refractivity contribution in [2.24, 2.45) is 0 Å². The van der Waals surface area contributed by atoms with E-state index in [0.29, 0.717) is 22.9 Å². The number of halogens is 1. The number of hydrogen-bond donors (Lipinski definition) is 4. The molecule has 2 heterocycles. The molecule has 1 fully saturated rings. The Kier molecular flexibility index (Phi) is 11.3. The number of benzene rings is 3. The van der Waals surface area contributed by atoms with Crippen molar-refractivity contribution in [1.29, 1.82) is 0 Å². The fourth-order valence-electron chi connectivity index (χ4n) is 4.73. The molecule has 48 heavy (non-hydrogen) atoms. The second-order valence-corrected chi connectivity index (χ2v) is 10.1. The van der Waals surface area contributed by atoms with Gasteiger partial charge in [0.15, 0.2) is 42.9 Å². The number of carbonyl (C=O) groups excluding carboxylic acids is 3. The first-order chi connectivity index (χ1) is 23.3. The van der Waals surface area contributed by atoms with Gasteiger partial charge in [-0.25, -0.2) is 18.8 Å². The van der Waals surface area contributed by atoms with Crippen LogP contribution in [0, 0.1) is 5.82 Å². The standard InChI is InChI=1S/C31H32FN3O13/c1-40-15-42-21-9-6-18(7-10-21)33-29(37)48-27-26(47-31(39)35-20-8-11-22-23(13-20)44-16-43-22)25(24(14-36)45-28(27)41-2)46-30(38)34-19-5-3-4-17(32)12-19/h3-13,24-28,36H,14-16H2,1-2H3,(H,33,37)(H,34,38)(H,35,39)/t24-,25-,26+,27+,28+/m1/s1. The van der Waals surface area contributed by atoms with Crippen LogP contribution in [0.25, 0.3) is 0 Å². The van der Waals surface area contributed by atoms with E-state index in [2.05, 4.69) is 16.0 Å². The molecule has 1 saturated heterocycles. The van der Waals surface area contributed by atoms with Crippen molar-refractivity contribution in [1.82, 2.24) is 0 Å². The molecular formula is C31H32FN3O13. The number of carbonyl (C=O) groups is 3. The molecule has 2 aliphatic heterocycles. The number of methoxy groups -OCH3 is 2. The maximum absolute atomic E-state index is 13.7. The lowest BCUT2D eigenvalue weighted by Crippen LogP contribution is -2.63. The van der Waals surface area contributed by atoms with Crippen molar-refractivity contribution in [2.45, 2.75) is 30.7 Å². The molecule has 3 aromatic rings. The van der Waals surface area contributed by atoms with Gasteiger partial charge in [0.2, 0.25) is 6.79 Å². The molecule has 16 nitrogen and oxygen atoms in total. The minimum absolute atomic E-state index is 0.00971. The highest BCUT2D eigenvalue weighted by Crippen LogP contribution is 2.35. The van der Waals surface area contributed by atoms with Gasteiger partial charge in [0.1, 0.15) is 17.7 Å². The fraction of sp³-hybridized carbons (Fsp3) is 0.323. The molecule has 0 spiro atoms. The van der Waals surface area contributed by atoms with Crippen molar-refractivity contribution in [3.63, 3.8) is 0 Å². The van der Waals surface area contributed by atoms with Crippen LogP contribution in [-0.2, 0) is 28.4 Å². The van der Waals surface area contributed by atoms with Gasteiger partial charge in [-0.1, -0.05) is 6.07 Å². The van der Waals surface area contributed by atoms with Gasteiger partial charge in [-0.05, 0) is 54.6 Å². The Balaban J connectivity index is 1.37. The van der Waals surface area contributed by atoms with Crippen LogP contribution in [0.2, 0.25) is 0 Å². The van der Waals surface area contributed by atoms with Crippen molar-refractivity contribution in [3.8, 4) is 17.2 Å². The van der Waals surface area contributed by atoms with Crippen molar-refractivity contribution >= 4 is 35.3 Å². The molecule has 0 aromatic heterocycles. The molecule has 0 bridgehead atoms. The number of aliphatic hydroxyl groups is 1. The summed E-state index contributed by atoms with van der Waals surface area (Å²) in [6.45, 7) is -0.704. The van der Waals surface area contributed by atoms with Crippen LogP contribution in [0.1, 0.15) is 0 Å². The minimum Gasteiger partial charge on any atom is -0.468 e. The number of nitrogens with one attached hydrogen (secondary N) is 3. The Morgan fingerprint density at radius 2 is 1.42 bits per heavy atom. The largest absolute Gasteiger partial charge is 0.468 e. The second kappa shape index (κ2) is 16.0. The highest BCUT2D eigenvalue weighted by atomic mass is 19.1. The molecular weight excluding hydrogens is 641 g/mol. The molecule has 0 unspecified atom stereocenters. The van der Waals surface area contributed by atoms with E-state index in [1.54, 1.807) is 18.2 Å². The molecule has 0 saturated carbocycles.